The molecule has 2 aliphatic heterocycles. The summed E-state index contributed by atoms with van der Waals surface area (Å²) < 4.78 is 5.51. The Balaban J connectivity index is 1.26. The summed E-state index contributed by atoms with van der Waals surface area (Å²) in [6.45, 7) is 6.79. The highest BCUT2D eigenvalue weighted by molar-refractivity contribution is 5.97. The second kappa shape index (κ2) is 9.48. The van der Waals surface area contributed by atoms with Crippen LogP contribution in [0.25, 0.3) is 0 Å². The highest BCUT2D eigenvalue weighted by Gasteiger charge is 2.32. The van der Waals surface area contributed by atoms with Gasteiger partial charge in [0.15, 0.2) is 12.6 Å². The molecule has 0 bridgehead atoms. The lowest BCUT2D eigenvalue weighted by Gasteiger charge is -2.33. The molecule has 3 aliphatic rings. The van der Waals surface area contributed by atoms with Crippen molar-refractivity contribution in [1.82, 2.24) is 15.5 Å². The lowest BCUT2D eigenvalue weighted by Crippen LogP contribution is -2.49. The van der Waals surface area contributed by atoms with Gasteiger partial charge < -0.3 is 25.2 Å². The number of hydrogen-bond acceptors (Lipinski definition) is 4. The first-order valence-corrected chi connectivity index (χ1v) is 11.1. The van der Waals surface area contributed by atoms with Crippen molar-refractivity contribution in [3.63, 3.8) is 0 Å². The number of ether oxygens (including phenoxy) is 1. The standard InChI is InChI=1S/C22H33N5O2/c1-2-23-22(25-17-10-14-26(15-11-17)18-8-9-18)24-12-5-13-27-19-6-3-4-7-20(19)29-16-21(27)28/h3-4,6-7,17-18H,2,5,8-16H2,1H3,(H2,23,24,25). The van der Waals surface area contributed by atoms with Crippen LogP contribution in [0.4, 0.5) is 5.69 Å². The van der Waals surface area contributed by atoms with Crippen LogP contribution in [-0.4, -0.2) is 68.2 Å². The van der Waals surface area contributed by atoms with E-state index in [1.807, 2.05) is 29.2 Å². The molecule has 7 nitrogen and oxygen atoms in total. The van der Waals surface area contributed by atoms with Gasteiger partial charge in [-0.15, -0.1) is 0 Å². The van der Waals surface area contributed by atoms with Crippen LogP contribution in [0.15, 0.2) is 29.3 Å². The van der Waals surface area contributed by atoms with Crippen molar-refractivity contribution in [3.05, 3.63) is 24.3 Å². The summed E-state index contributed by atoms with van der Waals surface area (Å²) in [5, 5.41) is 6.98. The second-order valence-electron chi connectivity index (χ2n) is 8.10. The van der Waals surface area contributed by atoms with E-state index in [4.69, 9.17) is 9.73 Å². The van der Waals surface area contributed by atoms with E-state index in [2.05, 4.69) is 22.5 Å². The van der Waals surface area contributed by atoms with Crippen LogP contribution in [0.3, 0.4) is 0 Å². The molecule has 1 aliphatic carbocycles. The van der Waals surface area contributed by atoms with Crippen LogP contribution < -0.4 is 20.3 Å². The van der Waals surface area contributed by atoms with Crippen molar-refractivity contribution in [1.29, 1.82) is 0 Å². The molecular formula is C22H33N5O2. The van der Waals surface area contributed by atoms with E-state index in [1.54, 1.807) is 0 Å². The number of guanidine groups is 1. The van der Waals surface area contributed by atoms with Gasteiger partial charge in [-0.1, -0.05) is 12.1 Å². The Morgan fingerprint density at radius 1 is 1.21 bits per heavy atom. The highest BCUT2D eigenvalue weighted by Crippen LogP contribution is 2.31. The van der Waals surface area contributed by atoms with Crippen molar-refractivity contribution in [2.24, 2.45) is 4.99 Å². The van der Waals surface area contributed by atoms with Crippen LogP contribution in [0.5, 0.6) is 5.75 Å². The molecule has 1 saturated heterocycles. The van der Waals surface area contributed by atoms with E-state index < -0.39 is 0 Å². The molecule has 1 amide bonds. The Kier molecular flexibility index (Phi) is 6.54. The average molecular weight is 400 g/mol. The van der Waals surface area contributed by atoms with E-state index in [0.717, 1.165) is 36.4 Å². The molecule has 0 unspecified atom stereocenters. The van der Waals surface area contributed by atoms with Crippen LogP contribution in [0, 0.1) is 0 Å². The molecule has 2 fully saturated rings. The van der Waals surface area contributed by atoms with Crippen LogP contribution in [0.2, 0.25) is 0 Å². The number of rotatable bonds is 7. The fraction of sp³-hybridized carbons (Fsp3) is 0.636. The van der Waals surface area contributed by atoms with Crippen molar-refractivity contribution in [2.45, 2.75) is 51.1 Å². The Bertz CT molecular complexity index is 726. The molecule has 29 heavy (non-hydrogen) atoms. The molecule has 2 N–H and O–H groups in total. The minimum absolute atomic E-state index is 0.0140. The molecule has 7 heteroatoms. The molecule has 0 spiro atoms. The molecule has 0 atom stereocenters. The smallest absolute Gasteiger partial charge is 0.265 e. The minimum atomic E-state index is 0.0140. The third-order valence-corrected chi connectivity index (χ3v) is 5.90. The van der Waals surface area contributed by atoms with Gasteiger partial charge in [-0.25, -0.2) is 0 Å². The fourth-order valence-corrected chi connectivity index (χ4v) is 4.18. The lowest BCUT2D eigenvalue weighted by atomic mass is 10.1. The molecular weight excluding hydrogens is 366 g/mol. The summed E-state index contributed by atoms with van der Waals surface area (Å²) in [6, 6.07) is 9.08. The quantitative estimate of drug-likeness (QED) is 0.417. The van der Waals surface area contributed by atoms with Gasteiger partial charge in [0.05, 0.1) is 5.69 Å². The van der Waals surface area contributed by atoms with Gasteiger partial charge in [0.25, 0.3) is 5.91 Å². The zero-order valence-electron chi connectivity index (χ0n) is 17.4. The van der Waals surface area contributed by atoms with Crippen molar-refractivity contribution in [2.75, 3.05) is 44.2 Å². The summed E-state index contributed by atoms with van der Waals surface area (Å²) in [4.78, 5) is 21.5. The zero-order chi connectivity index (χ0) is 20.1. The Labute approximate surface area is 173 Å². The summed E-state index contributed by atoms with van der Waals surface area (Å²) in [7, 11) is 0. The molecule has 1 aromatic rings. The Morgan fingerprint density at radius 3 is 2.76 bits per heavy atom. The number of piperidine rings is 1. The molecule has 0 radical (unpaired) electrons. The number of fused-ring (bicyclic) bond motifs is 1. The molecule has 1 aromatic carbocycles. The fourth-order valence-electron chi connectivity index (χ4n) is 4.18. The van der Waals surface area contributed by atoms with Crippen LogP contribution in [-0.2, 0) is 4.79 Å². The number of carbonyl (C=O) groups is 1. The number of anilines is 1. The van der Waals surface area contributed by atoms with Gasteiger partial charge in [-0.05, 0) is 51.2 Å². The Hall–Kier alpha value is -2.28. The zero-order valence-corrected chi connectivity index (χ0v) is 17.4. The SMILES string of the molecule is CCNC(=NCCCN1C(=O)COc2ccccc21)NC1CCN(C2CC2)CC1. The van der Waals surface area contributed by atoms with Crippen LogP contribution in [0.1, 0.15) is 39.0 Å². The first-order valence-electron chi connectivity index (χ1n) is 11.1. The molecule has 1 saturated carbocycles. The molecule has 158 valence electrons. The second-order valence-corrected chi connectivity index (χ2v) is 8.10. The van der Waals surface area contributed by atoms with E-state index in [9.17, 15) is 4.79 Å². The summed E-state index contributed by atoms with van der Waals surface area (Å²) in [6.07, 6.45) is 5.95. The summed E-state index contributed by atoms with van der Waals surface area (Å²) >= 11 is 0. The maximum Gasteiger partial charge on any atom is 0.265 e. The monoisotopic (exact) mass is 399 g/mol. The normalized spacial score (nSPS) is 20.9. The third kappa shape index (κ3) is 5.21. The van der Waals surface area contributed by atoms with Gasteiger partial charge in [-0.2, -0.15) is 0 Å². The number of nitrogens with zero attached hydrogens (tertiary/aromatic N) is 3. The summed E-state index contributed by atoms with van der Waals surface area (Å²) in [5.74, 6) is 1.69. The van der Waals surface area contributed by atoms with E-state index >= 15 is 0 Å². The maximum absolute atomic E-state index is 12.3. The Morgan fingerprint density at radius 2 is 2.00 bits per heavy atom. The minimum Gasteiger partial charge on any atom is -0.482 e. The number of likely N-dealkylation sites (tertiary alicyclic amines) is 1. The number of carbonyl (C=O) groups excluding carboxylic acids is 1. The van der Waals surface area contributed by atoms with Crippen LogP contribution >= 0.6 is 0 Å². The third-order valence-electron chi connectivity index (χ3n) is 5.90. The first kappa shape index (κ1) is 20.0. The van der Waals surface area contributed by atoms with Crippen molar-refractivity contribution in [3.8, 4) is 5.75 Å². The predicted octanol–water partition coefficient (Wildman–Crippen LogP) is 1.98. The number of benzene rings is 1. The number of hydrogen-bond donors (Lipinski definition) is 2. The number of para-hydroxylation sites is 2. The highest BCUT2D eigenvalue weighted by atomic mass is 16.5. The van der Waals surface area contributed by atoms with Gasteiger partial charge in [0.1, 0.15) is 5.75 Å². The first-order chi connectivity index (χ1) is 14.2. The summed E-state index contributed by atoms with van der Waals surface area (Å²) in [5.41, 5.74) is 0.861. The number of nitrogens with one attached hydrogen (secondary N) is 2. The average Bonchev–Trinajstić information content (AvgIpc) is 3.58. The van der Waals surface area contributed by atoms with E-state index in [-0.39, 0.29) is 12.5 Å². The van der Waals surface area contributed by atoms with Gasteiger partial charge >= 0.3 is 0 Å². The predicted molar refractivity (Wildman–Crippen MR) is 116 cm³/mol. The van der Waals surface area contributed by atoms with Crippen molar-refractivity contribution >= 4 is 17.6 Å². The number of aliphatic imine (C=N–C) groups is 1. The van der Waals surface area contributed by atoms with E-state index in [0.29, 0.717) is 19.1 Å². The molecule has 2 heterocycles. The van der Waals surface area contributed by atoms with Gasteiger partial charge in [0.2, 0.25) is 0 Å². The van der Waals surface area contributed by atoms with Crippen molar-refractivity contribution < 1.29 is 9.53 Å². The molecule has 0 aromatic heterocycles. The largest absolute Gasteiger partial charge is 0.482 e. The topological polar surface area (TPSA) is 69.2 Å². The van der Waals surface area contributed by atoms with Gasteiger partial charge in [-0.3, -0.25) is 9.79 Å². The van der Waals surface area contributed by atoms with E-state index in [1.165, 1.54) is 38.8 Å². The maximum atomic E-state index is 12.3. The molecule has 4 rings (SSSR count). The van der Waals surface area contributed by atoms with Gasteiger partial charge in [0, 0.05) is 44.8 Å². The lowest BCUT2D eigenvalue weighted by molar-refractivity contribution is -0.121. The number of amides is 1.